The smallest absolute Gasteiger partial charge is 0.283 e. The molecule has 0 spiro atoms. The molecule has 4 rings (SSSR count). The van der Waals surface area contributed by atoms with E-state index in [-0.39, 0.29) is 11.8 Å². The van der Waals surface area contributed by atoms with Crippen molar-refractivity contribution in [2.75, 3.05) is 5.32 Å². The molecular weight excluding hydrogens is 344 g/mol. The Bertz CT molecular complexity index is 1120. The van der Waals surface area contributed by atoms with Gasteiger partial charge in [-0.1, -0.05) is 30.3 Å². The first-order chi connectivity index (χ1) is 13.2. The van der Waals surface area contributed by atoms with Crippen molar-refractivity contribution in [3.05, 3.63) is 83.9 Å². The zero-order valence-electron chi connectivity index (χ0n) is 13.9. The molecule has 0 aliphatic rings. The monoisotopic (exact) mass is 356 g/mol. The summed E-state index contributed by atoms with van der Waals surface area (Å²) in [6.45, 7) is 6.95. The summed E-state index contributed by atoms with van der Waals surface area (Å²) in [6, 6.07) is 17.0. The van der Waals surface area contributed by atoms with Crippen LogP contribution in [0.5, 0.6) is 0 Å². The molecule has 27 heavy (non-hydrogen) atoms. The third-order valence-electron chi connectivity index (χ3n) is 3.78. The maximum Gasteiger partial charge on any atom is 0.283 e. The number of amides is 1. The molecule has 7 heteroatoms. The van der Waals surface area contributed by atoms with Crippen LogP contribution in [0.3, 0.4) is 0 Å². The molecule has 1 amide bonds. The molecule has 7 nitrogen and oxygen atoms in total. The topological polar surface area (TPSA) is 85.5 Å². The van der Waals surface area contributed by atoms with E-state index in [1.807, 2.05) is 0 Å². The van der Waals surface area contributed by atoms with Gasteiger partial charge in [0, 0.05) is 16.8 Å². The molecule has 1 N–H and O–H groups in total. The summed E-state index contributed by atoms with van der Waals surface area (Å²) in [7, 11) is 0. The molecule has 0 aliphatic heterocycles. The Hall–Kier alpha value is -4.18. The van der Waals surface area contributed by atoms with Crippen LogP contribution < -0.4 is 5.32 Å². The second-order valence-electron chi connectivity index (χ2n) is 5.58. The number of carbonyl (C=O) groups is 1. The summed E-state index contributed by atoms with van der Waals surface area (Å²) >= 11 is 0. The van der Waals surface area contributed by atoms with Crippen molar-refractivity contribution in [3.8, 4) is 23.1 Å². The number of nitrogens with one attached hydrogen (secondary N) is 1. The van der Waals surface area contributed by atoms with E-state index in [1.54, 1.807) is 60.7 Å². The van der Waals surface area contributed by atoms with Crippen LogP contribution in [0.15, 0.2) is 75.8 Å². The van der Waals surface area contributed by atoms with Gasteiger partial charge in [0.05, 0.1) is 12.8 Å². The van der Waals surface area contributed by atoms with Crippen molar-refractivity contribution >= 4 is 17.3 Å². The van der Waals surface area contributed by atoms with Gasteiger partial charge in [0.15, 0.2) is 11.4 Å². The van der Waals surface area contributed by atoms with Crippen LogP contribution in [0.25, 0.3) is 28.0 Å². The molecule has 0 saturated carbocycles. The van der Waals surface area contributed by atoms with Gasteiger partial charge in [0.2, 0.25) is 5.89 Å². The van der Waals surface area contributed by atoms with Crippen molar-refractivity contribution in [1.29, 1.82) is 0 Å². The SMILES string of the molecule is [C-]#[N+]c1ccc(C(=O)Nc2cccc(-c3nnc(-c4ccco4)o3)c2)cc1. The van der Waals surface area contributed by atoms with E-state index in [0.717, 1.165) is 0 Å². The number of carbonyl (C=O) groups excluding carboxylic acids is 1. The standard InChI is InChI=1S/C20H12N4O3/c1-21-15-9-7-13(8-10-15)18(25)22-16-5-2-4-14(12-16)19-23-24-20(27-19)17-6-3-11-26-17/h2-12H,(H,22,25). The predicted molar refractivity (Wildman–Crippen MR) is 98.1 cm³/mol. The number of furan rings is 1. The number of hydrogen-bond donors (Lipinski definition) is 1. The molecule has 0 bridgehead atoms. The van der Waals surface area contributed by atoms with E-state index in [0.29, 0.717) is 34.2 Å². The minimum atomic E-state index is -0.273. The third-order valence-corrected chi connectivity index (χ3v) is 3.78. The molecule has 0 fully saturated rings. The highest BCUT2D eigenvalue weighted by Gasteiger charge is 2.13. The van der Waals surface area contributed by atoms with E-state index in [2.05, 4.69) is 20.4 Å². The Balaban J connectivity index is 1.54. The second kappa shape index (κ2) is 6.98. The Morgan fingerprint density at radius 2 is 1.81 bits per heavy atom. The van der Waals surface area contributed by atoms with Crippen LogP contribution in [0.2, 0.25) is 0 Å². The normalized spacial score (nSPS) is 10.3. The minimum absolute atomic E-state index is 0.273. The van der Waals surface area contributed by atoms with Gasteiger partial charge in [-0.15, -0.1) is 10.2 Å². The van der Waals surface area contributed by atoms with Crippen LogP contribution in [-0.4, -0.2) is 16.1 Å². The fourth-order valence-electron chi connectivity index (χ4n) is 2.46. The molecule has 0 aliphatic carbocycles. The maximum absolute atomic E-state index is 12.4. The molecular formula is C20H12N4O3. The zero-order chi connectivity index (χ0) is 18.6. The Labute approximate surface area is 154 Å². The highest BCUT2D eigenvalue weighted by Crippen LogP contribution is 2.26. The van der Waals surface area contributed by atoms with Crippen molar-refractivity contribution in [2.24, 2.45) is 0 Å². The lowest BCUT2D eigenvalue weighted by Crippen LogP contribution is -2.11. The second-order valence-corrected chi connectivity index (χ2v) is 5.58. The van der Waals surface area contributed by atoms with Crippen molar-refractivity contribution < 1.29 is 13.6 Å². The van der Waals surface area contributed by atoms with E-state index in [1.165, 1.54) is 6.26 Å². The van der Waals surface area contributed by atoms with Gasteiger partial charge >= 0.3 is 0 Å². The van der Waals surface area contributed by atoms with Crippen molar-refractivity contribution in [3.63, 3.8) is 0 Å². The van der Waals surface area contributed by atoms with Gasteiger partial charge in [0.1, 0.15) is 0 Å². The quantitative estimate of drug-likeness (QED) is 0.531. The molecule has 0 unspecified atom stereocenters. The molecule has 2 aromatic heterocycles. The number of nitrogens with zero attached hydrogens (tertiary/aromatic N) is 3. The fraction of sp³-hybridized carbons (Fsp3) is 0. The highest BCUT2D eigenvalue weighted by molar-refractivity contribution is 6.04. The molecule has 2 aromatic carbocycles. The van der Waals surface area contributed by atoms with Gasteiger partial charge < -0.3 is 14.2 Å². The summed E-state index contributed by atoms with van der Waals surface area (Å²) < 4.78 is 10.9. The van der Waals surface area contributed by atoms with E-state index in [9.17, 15) is 4.79 Å². The highest BCUT2D eigenvalue weighted by atomic mass is 16.4. The fourth-order valence-corrected chi connectivity index (χ4v) is 2.46. The number of anilines is 1. The van der Waals surface area contributed by atoms with E-state index >= 15 is 0 Å². The Morgan fingerprint density at radius 1 is 1.00 bits per heavy atom. The molecule has 0 atom stereocenters. The Kier molecular flexibility index (Phi) is 4.21. The summed E-state index contributed by atoms with van der Waals surface area (Å²) in [5, 5.41) is 10.8. The number of benzene rings is 2. The zero-order valence-corrected chi connectivity index (χ0v) is 13.9. The third kappa shape index (κ3) is 3.45. The lowest BCUT2D eigenvalue weighted by molar-refractivity contribution is 0.102. The first-order valence-electron chi connectivity index (χ1n) is 7.99. The minimum Gasteiger partial charge on any atom is -0.459 e. The van der Waals surface area contributed by atoms with Crippen molar-refractivity contribution in [1.82, 2.24) is 10.2 Å². The number of hydrogen-bond acceptors (Lipinski definition) is 5. The Morgan fingerprint density at radius 3 is 2.56 bits per heavy atom. The molecule has 2 heterocycles. The van der Waals surface area contributed by atoms with Gasteiger partial charge in [-0.25, -0.2) is 4.85 Å². The summed E-state index contributed by atoms with van der Waals surface area (Å²) in [4.78, 5) is 15.7. The van der Waals surface area contributed by atoms with E-state index in [4.69, 9.17) is 15.4 Å². The van der Waals surface area contributed by atoms with Gasteiger partial charge in [-0.05, 0) is 30.3 Å². The van der Waals surface area contributed by atoms with Gasteiger partial charge in [0.25, 0.3) is 11.8 Å². The first-order valence-corrected chi connectivity index (χ1v) is 7.99. The molecule has 0 radical (unpaired) electrons. The van der Waals surface area contributed by atoms with Gasteiger partial charge in [-0.3, -0.25) is 4.79 Å². The summed E-state index contributed by atoms with van der Waals surface area (Å²) in [6.07, 6.45) is 1.53. The van der Waals surface area contributed by atoms with Crippen molar-refractivity contribution in [2.45, 2.75) is 0 Å². The van der Waals surface area contributed by atoms with E-state index < -0.39 is 0 Å². The lowest BCUT2D eigenvalue weighted by atomic mass is 10.1. The molecule has 130 valence electrons. The average Bonchev–Trinajstić information content (AvgIpc) is 3.40. The van der Waals surface area contributed by atoms with Gasteiger partial charge in [-0.2, -0.15) is 0 Å². The number of rotatable bonds is 4. The molecule has 0 saturated heterocycles. The summed E-state index contributed by atoms with van der Waals surface area (Å²) in [5.41, 5.74) is 2.20. The predicted octanol–water partition coefficient (Wildman–Crippen LogP) is 4.80. The van der Waals surface area contributed by atoms with Crippen LogP contribution in [-0.2, 0) is 0 Å². The summed E-state index contributed by atoms with van der Waals surface area (Å²) in [5.74, 6) is 0.815. The lowest BCUT2D eigenvalue weighted by Gasteiger charge is -2.06. The molecule has 4 aromatic rings. The average molecular weight is 356 g/mol. The van der Waals surface area contributed by atoms with Crippen LogP contribution in [0.4, 0.5) is 11.4 Å². The largest absolute Gasteiger partial charge is 0.459 e. The number of aromatic nitrogens is 2. The first kappa shape index (κ1) is 16.3. The van der Waals surface area contributed by atoms with Crippen LogP contribution in [0, 0.1) is 6.57 Å². The van der Waals surface area contributed by atoms with Crippen LogP contribution in [0.1, 0.15) is 10.4 Å². The van der Waals surface area contributed by atoms with Crippen LogP contribution >= 0.6 is 0 Å². The maximum atomic E-state index is 12.4.